The van der Waals surface area contributed by atoms with Gasteiger partial charge in [0.25, 0.3) is 0 Å². The number of anilines is 1. The van der Waals surface area contributed by atoms with Crippen LogP contribution in [0.1, 0.15) is 50.7 Å². The van der Waals surface area contributed by atoms with E-state index in [9.17, 15) is 4.79 Å². The fraction of sp³-hybridized carbons (Fsp3) is 0.393. The van der Waals surface area contributed by atoms with Gasteiger partial charge in [-0.1, -0.05) is 56.3 Å². The third-order valence-electron chi connectivity index (χ3n) is 6.37. The van der Waals surface area contributed by atoms with Gasteiger partial charge in [-0.05, 0) is 49.3 Å². The number of hydrogen-bond donors (Lipinski definition) is 1. The lowest BCUT2D eigenvalue weighted by atomic mass is 9.96. The summed E-state index contributed by atoms with van der Waals surface area (Å²) in [5.74, 6) is 1.44. The number of amides is 1. The van der Waals surface area contributed by atoms with Crippen molar-refractivity contribution in [1.82, 2.24) is 19.9 Å². The molecule has 1 atom stereocenters. The van der Waals surface area contributed by atoms with Gasteiger partial charge in [-0.3, -0.25) is 4.79 Å². The molecule has 6 nitrogen and oxygen atoms in total. The number of nitrogens with zero attached hydrogens (tertiary/aromatic N) is 4. The van der Waals surface area contributed by atoms with Gasteiger partial charge in [0.2, 0.25) is 5.91 Å². The van der Waals surface area contributed by atoms with Crippen molar-refractivity contribution >= 4 is 56.5 Å². The molecule has 1 amide bonds. The summed E-state index contributed by atoms with van der Waals surface area (Å²) in [5.41, 5.74) is 5.40. The maximum absolute atomic E-state index is 12.7. The first kappa shape index (κ1) is 25.4. The van der Waals surface area contributed by atoms with Gasteiger partial charge < -0.3 is 13.0 Å². The second kappa shape index (κ2) is 11.4. The molecule has 0 aliphatic heterocycles. The van der Waals surface area contributed by atoms with Crippen LogP contribution in [0.25, 0.3) is 21.9 Å². The maximum Gasteiger partial charge on any atom is 0.227 e. The third-order valence-corrected chi connectivity index (χ3v) is 6.83. The van der Waals surface area contributed by atoms with E-state index in [2.05, 4.69) is 81.9 Å². The average Bonchev–Trinajstić information content (AvgIpc) is 3.27. The molecular formula is C28H34IN5O. The summed E-state index contributed by atoms with van der Waals surface area (Å²) in [6, 6.07) is 16.7. The van der Waals surface area contributed by atoms with E-state index in [0.29, 0.717) is 12.5 Å². The molecule has 7 heteroatoms. The van der Waals surface area contributed by atoms with E-state index in [1.54, 1.807) is 0 Å². The zero-order valence-electron chi connectivity index (χ0n) is 21.0. The fourth-order valence-electron chi connectivity index (χ4n) is 4.49. The van der Waals surface area contributed by atoms with Crippen molar-refractivity contribution in [3.63, 3.8) is 0 Å². The Morgan fingerprint density at radius 1 is 1.09 bits per heavy atom. The summed E-state index contributed by atoms with van der Waals surface area (Å²) in [6.45, 7) is 7.94. The zero-order valence-corrected chi connectivity index (χ0v) is 23.1. The number of fused-ring (bicyclic) bond motifs is 3. The average molecular weight is 584 g/mol. The van der Waals surface area contributed by atoms with Crippen molar-refractivity contribution in [2.75, 3.05) is 16.7 Å². The topological polar surface area (TPSA) is 63.1 Å². The fourth-order valence-corrected chi connectivity index (χ4v) is 4.82. The van der Waals surface area contributed by atoms with Gasteiger partial charge >= 0.3 is 0 Å². The Bertz CT molecular complexity index is 1300. The number of carbonyl (C=O) groups excluding carboxylic acids is 1. The summed E-state index contributed by atoms with van der Waals surface area (Å²) in [6.07, 6.45) is 4.84. The Labute approximate surface area is 221 Å². The molecule has 0 saturated carbocycles. The van der Waals surface area contributed by atoms with Crippen LogP contribution in [0, 0.1) is 5.92 Å². The molecular weight excluding hydrogens is 549 g/mol. The number of para-hydroxylation sites is 1. The van der Waals surface area contributed by atoms with Crippen LogP contribution in [0.15, 0.2) is 54.9 Å². The number of imidazole rings is 1. The van der Waals surface area contributed by atoms with Crippen molar-refractivity contribution < 1.29 is 4.79 Å². The van der Waals surface area contributed by atoms with Crippen LogP contribution in [0.4, 0.5) is 5.82 Å². The van der Waals surface area contributed by atoms with Crippen molar-refractivity contribution in [3.05, 3.63) is 66.0 Å². The largest absolute Gasteiger partial charge is 0.356 e. The molecule has 0 bridgehead atoms. The molecule has 0 aliphatic carbocycles. The lowest BCUT2D eigenvalue weighted by molar-refractivity contribution is -0.122. The van der Waals surface area contributed by atoms with Crippen molar-refractivity contribution in [2.24, 2.45) is 5.92 Å². The summed E-state index contributed by atoms with van der Waals surface area (Å²) >= 11 is 2.24. The van der Waals surface area contributed by atoms with Crippen molar-refractivity contribution in [2.45, 2.75) is 52.5 Å². The second-order valence-corrected chi connectivity index (χ2v) is 11.1. The van der Waals surface area contributed by atoms with E-state index in [1.165, 1.54) is 5.56 Å². The molecule has 0 spiro atoms. The molecule has 0 radical (unpaired) electrons. The number of rotatable bonds is 10. The molecule has 0 saturated heterocycles. The first-order chi connectivity index (χ1) is 16.8. The Kier molecular flexibility index (Phi) is 8.26. The van der Waals surface area contributed by atoms with Gasteiger partial charge in [-0.15, -0.1) is 0 Å². The zero-order chi connectivity index (χ0) is 24.9. The van der Waals surface area contributed by atoms with Crippen LogP contribution >= 0.6 is 22.9 Å². The van der Waals surface area contributed by atoms with Gasteiger partial charge in [0, 0.05) is 25.5 Å². The normalized spacial score (nSPS) is 12.4. The second-order valence-electron chi connectivity index (χ2n) is 9.62. The molecule has 4 rings (SSSR count). The Balaban J connectivity index is 1.34. The van der Waals surface area contributed by atoms with E-state index in [1.807, 2.05) is 41.6 Å². The Morgan fingerprint density at radius 3 is 2.54 bits per heavy atom. The SMILES string of the molecule is CC(C)Cc1ccc(C(C)C(=O)NCCCCn2cnc3c(N(C)I)nc4ccccc4c32)cc1. The molecule has 35 heavy (non-hydrogen) atoms. The molecule has 2 aromatic heterocycles. The third kappa shape index (κ3) is 5.94. The standard InChI is InChI=1S/C28H34IN5O/c1-19(2)17-21-11-13-22(14-12-21)20(3)28(35)30-15-7-8-16-34-18-31-25-26(34)23-9-5-6-10-24(23)32-27(25)33(4)29/h5-6,9-14,18-20H,7-8,15-17H2,1-4H3,(H,30,35). The van der Waals surface area contributed by atoms with Crippen LogP contribution in [-0.2, 0) is 17.8 Å². The highest BCUT2D eigenvalue weighted by Crippen LogP contribution is 2.31. The van der Waals surface area contributed by atoms with Crippen LogP contribution in [0.5, 0.6) is 0 Å². The van der Waals surface area contributed by atoms with Gasteiger partial charge in [-0.25, -0.2) is 9.97 Å². The highest BCUT2D eigenvalue weighted by molar-refractivity contribution is 14.1. The monoisotopic (exact) mass is 583 g/mol. The molecule has 0 fully saturated rings. The predicted molar refractivity (Wildman–Crippen MR) is 153 cm³/mol. The van der Waals surface area contributed by atoms with Crippen molar-refractivity contribution in [1.29, 1.82) is 0 Å². The number of benzene rings is 2. The smallest absolute Gasteiger partial charge is 0.227 e. The molecule has 1 N–H and O–H groups in total. The van der Waals surface area contributed by atoms with E-state index in [4.69, 9.17) is 4.98 Å². The van der Waals surface area contributed by atoms with Crippen LogP contribution in [0.2, 0.25) is 0 Å². The Morgan fingerprint density at radius 2 is 1.83 bits per heavy atom. The first-order valence-corrected chi connectivity index (χ1v) is 13.3. The van der Waals surface area contributed by atoms with Gasteiger partial charge in [-0.2, -0.15) is 0 Å². The lowest BCUT2D eigenvalue weighted by Gasteiger charge is -2.14. The molecule has 4 aromatic rings. The number of nitrogens with one attached hydrogen (secondary N) is 1. The number of carbonyl (C=O) groups is 1. The molecule has 2 aromatic carbocycles. The number of unbranched alkanes of at least 4 members (excludes halogenated alkanes) is 1. The Hall–Kier alpha value is -2.68. The lowest BCUT2D eigenvalue weighted by Crippen LogP contribution is -2.29. The maximum atomic E-state index is 12.7. The van der Waals surface area contributed by atoms with Crippen LogP contribution in [-0.4, -0.2) is 34.0 Å². The summed E-state index contributed by atoms with van der Waals surface area (Å²) in [5, 5.41) is 4.23. The highest BCUT2D eigenvalue weighted by Gasteiger charge is 2.16. The summed E-state index contributed by atoms with van der Waals surface area (Å²) < 4.78 is 4.20. The van der Waals surface area contributed by atoms with Gasteiger partial charge in [0.15, 0.2) is 5.82 Å². The number of hydrogen-bond acceptors (Lipinski definition) is 4. The van der Waals surface area contributed by atoms with E-state index >= 15 is 0 Å². The minimum atomic E-state index is -0.150. The minimum absolute atomic E-state index is 0.0847. The molecule has 2 heterocycles. The molecule has 1 unspecified atom stereocenters. The van der Waals surface area contributed by atoms with Crippen LogP contribution < -0.4 is 8.43 Å². The van der Waals surface area contributed by atoms with Gasteiger partial charge in [0.05, 0.1) is 46.1 Å². The quantitative estimate of drug-likeness (QED) is 0.136. The van der Waals surface area contributed by atoms with Crippen LogP contribution in [0.3, 0.4) is 0 Å². The molecule has 184 valence electrons. The summed E-state index contributed by atoms with van der Waals surface area (Å²) in [4.78, 5) is 22.2. The van der Waals surface area contributed by atoms with E-state index < -0.39 is 0 Å². The van der Waals surface area contributed by atoms with E-state index in [0.717, 1.165) is 59.1 Å². The minimum Gasteiger partial charge on any atom is -0.356 e. The summed E-state index contributed by atoms with van der Waals surface area (Å²) in [7, 11) is 1.99. The predicted octanol–water partition coefficient (Wildman–Crippen LogP) is 6.27. The van der Waals surface area contributed by atoms with Gasteiger partial charge in [0.1, 0.15) is 5.52 Å². The number of halogens is 1. The number of aromatic nitrogens is 3. The number of aryl methyl sites for hydroxylation is 1. The first-order valence-electron chi connectivity index (χ1n) is 12.3. The van der Waals surface area contributed by atoms with Crippen molar-refractivity contribution in [3.8, 4) is 0 Å². The highest BCUT2D eigenvalue weighted by atomic mass is 127. The molecule has 0 aliphatic rings. The van der Waals surface area contributed by atoms with E-state index in [-0.39, 0.29) is 11.8 Å². The number of pyridine rings is 1.